The number of benzene rings is 2. The number of anilines is 1. The second-order valence-electron chi connectivity index (χ2n) is 7.63. The van der Waals surface area contributed by atoms with Crippen LogP contribution in [0.15, 0.2) is 48.5 Å². The average Bonchev–Trinajstić information content (AvgIpc) is 2.67. The maximum Gasteiger partial charge on any atom is 0.247 e. The van der Waals surface area contributed by atoms with Crippen LogP contribution < -0.4 is 10.2 Å². The number of sulfonamides is 1. The van der Waals surface area contributed by atoms with Crippen molar-refractivity contribution in [3.63, 3.8) is 0 Å². The number of hydrogen-bond donors (Lipinski definition) is 1. The predicted octanol–water partition coefficient (Wildman–Crippen LogP) is 1.82. The fourth-order valence-electron chi connectivity index (χ4n) is 3.61. The van der Waals surface area contributed by atoms with Gasteiger partial charge in [-0.1, -0.05) is 30.3 Å². The Morgan fingerprint density at radius 2 is 1.87 bits per heavy atom. The molecule has 0 aliphatic carbocycles. The van der Waals surface area contributed by atoms with Gasteiger partial charge in [0.1, 0.15) is 11.4 Å². The number of aryl methyl sites for hydroxylation is 1. The third kappa shape index (κ3) is 4.36. The third-order valence-electron chi connectivity index (χ3n) is 5.19. The van der Waals surface area contributed by atoms with Crippen molar-refractivity contribution in [2.45, 2.75) is 25.9 Å². The highest BCUT2D eigenvalue weighted by Gasteiger charge is 2.50. The molecule has 0 saturated carbocycles. The summed E-state index contributed by atoms with van der Waals surface area (Å²) in [6.45, 7) is 2.77. The minimum Gasteiger partial charge on any atom is -0.350 e. The monoisotopic (exact) mass is 433 g/mol. The van der Waals surface area contributed by atoms with Crippen LogP contribution in [0.25, 0.3) is 0 Å². The van der Waals surface area contributed by atoms with E-state index >= 15 is 0 Å². The van der Waals surface area contributed by atoms with E-state index in [2.05, 4.69) is 5.32 Å². The van der Waals surface area contributed by atoms with Crippen molar-refractivity contribution in [3.8, 4) is 0 Å². The minimum atomic E-state index is -3.71. The number of amides is 2. The minimum absolute atomic E-state index is 0.213. The summed E-state index contributed by atoms with van der Waals surface area (Å²) in [5.41, 5.74) is 0.182. The fraction of sp³-hybridized carbons (Fsp3) is 0.333. The molecule has 1 heterocycles. The number of carbonyl (C=O) groups excluding carboxylic acids is 2. The van der Waals surface area contributed by atoms with Crippen LogP contribution >= 0.6 is 0 Å². The normalized spacial score (nSPS) is 20.3. The lowest BCUT2D eigenvalue weighted by atomic mass is 9.93. The van der Waals surface area contributed by atoms with Crippen molar-refractivity contribution >= 4 is 27.5 Å². The Bertz CT molecular complexity index is 1070. The molecule has 1 aliphatic heterocycles. The van der Waals surface area contributed by atoms with Crippen molar-refractivity contribution in [2.24, 2.45) is 0 Å². The van der Waals surface area contributed by atoms with Gasteiger partial charge in [0.15, 0.2) is 0 Å². The van der Waals surface area contributed by atoms with Crippen molar-refractivity contribution in [2.75, 3.05) is 24.2 Å². The molecular weight excluding hydrogens is 409 g/mol. The van der Waals surface area contributed by atoms with Gasteiger partial charge >= 0.3 is 0 Å². The van der Waals surface area contributed by atoms with E-state index in [1.54, 1.807) is 6.92 Å². The number of carbonyl (C=O) groups is 2. The number of nitrogens with zero attached hydrogens (tertiary/aromatic N) is 2. The smallest absolute Gasteiger partial charge is 0.247 e. The van der Waals surface area contributed by atoms with Crippen LogP contribution in [0.2, 0.25) is 0 Å². The van der Waals surface area contributed by atoms with Gasteiger partial charge in [-0.25, -0.2) is 12.8 Å². The SMILES string of the molecule is Cc1cc(F)ccc1N1C(=O)CN(S(C)(=O)=O)CC1(C)C(=O)NCc1ccccc1. The van der Waals surface area contributed by atoms with Gasteiger partial charge in [0, 0.05) is 18.8 Å². The van der Waals surface area contributed by atoms with Crippen LogP contribution in [-0.4, -0.2) is 49.4 Å². The van der Waals surface area contributed by atoms with Crippen LogP contribution in [0, 0.1) is 12.7 Å². The summed E-state index contributed by atoms with van der Waals surface area (Å²) in [7, 11) is -3.71. The number of hydrogen-bond acceptors (Lipinski definition) is 4. The Balaban J connectivity index is 2.00. The summed E-state index contributed by atoms with van der Waals surface area (Å²) in [5, 5.41) is 2.80. The lowest BCUT2D eigenvalue weighted by Crippen LogP contribution is -2.70. The number of rotatable bonds is 5. The quantitative estimate of drug-likeness (QED) is 0.779. The molecule has 3 rings (SSSR count). The fourth-order valence-corrected chi connectivity index (χ4v) is 4.44. The molecule has 0 aromatic heterocycles. The molecule has 0 radical (unpaired) electrons. The lowest BCUT2D eigenvalue weighted by Gasteiger charge is -2.46. The molecule has 1 saturated heterocycles. The van der Waals surface area contributed by atoms with E-state index in [0.717, 1.165) is 16.1 Å². The van der Waals surface area contributed by atoms with Gasteiger partial charge < -0.3 is 5.32 Å². The zero-order chi connectivity index (χ0) is 22.1. The summed E-state index contributed by atoms with van der Waals surface area (Å²) in [5.74, 6) is -1.52. The molecule has 2 aromatic rings. The van der Waals surface area contributed by atoms with Crippen LogP contribution in [-0.2, 0) is 26.2 Å². The van der Waals surface area contributed by atoms with Gasteiger partial charge in [-0.15, -0.1) is 0 Å². The van der Waals surface area contributed by atoms with E-state index in [-0.39, 0.29) is 13.1 Å². The summed E-state index contributed by atoms with van der Waals surface area (Å²) in [6.07, 6.45) is 1.00. The molecule has 0 bridgehead atoms. The number of halogens is 1. The number of piperazine rings is 1. The summed E-state index contributed by atoms with van der Waals surface area (Å²) < 4.78 is 38.9. The highest BCUT2D eigenvalue weighted by Crippen LogP contribution is 2.33. The van der Waals surface area contributed by atoms with Crippen LogP contribution in [0.1, 0.15) is 18.1 Å². The van der Waals surface area contributed by atoms with E-state index in [1.807, 2.05) is 30.3 Å². The molecular formula is C21H24FN3O4S. The van der Waals surface area contributed by atoms with E-state index in [9.17, 15) is 22.4 Å². The van der Waals surface area contributed by atoms with Gasteiger partial charge in [-0.05, 0) is 43.2 Å². The first-order valence-corrected chi connectivity index (χ1v) is 11.2. The molecule has 0 spiro atoms. The molecule has 2 amide bonds. The molecule has 1 N–H and O–H groups in total. The second kappa shape index (κ2) is 8.16. The van der Waals surface area contributed by atoms with Gasteiger partial charge in [-0.2, -0.15) is 4.31 Å². The molecule has 160 valence electrons. The molecule has 30 heavy (non-hydrogen) atoms. The van der Waals surface area contributed by atoms with E-state index < -0.39 is 39.7 Å². The summed E-state index contributed by atoms with van der Waals surface area (Å²) >= 11 is 0. The largest absolute Gasteiger partial charge is 0.350 e. The van der Waals surface area contributed by atoms with Gasteiger partial charge in [0.25, 0.3) is 0 Å². The van der Waals surface area contributed by atoms with Crippen molar-refractivity contribution in [3.05, 3.63) is 65.5 Å². The number of nitrogens with one attached hydrogen (secondary N) is 1. The highest BCUT2D eigenvalue weighted by molar-refractivity contribution is 7.88. The van der Waals surface area contributed by atoms with Crippen LogP contribution in [0.3, 0.4) is 0 Å². The average molecular weight is 434 g/mol. The topological polar surface area (TPSA) is 86.8 Å². The highest BCUT2D eigenvalue weighted by atomic mass is 32.2. The first-order chi connectivity index (χ1) is 14.0. The molecule has 1 atom stereocenters. The Kier molecular flexibility index (Phi) is 5.96. The van der Waals surface area contributed by atoms with Crippen molar-refractivity contribution in [1.29, 1.82) is 0 Å². The van der Waals surface area contributed by atoms with E-state index in [0.29, 0.717) is 11.3 Å². The predicted molar refractivity (Wildman–Crippen MR) is 112 cm³/mol. The molecule has 9 heteroatoms. The van der Waals surface area contributed by atoms with Gasteiger partial charge in [0.05, 0.1) is 12.8 Å². The zero-order valence-electron chi connectivity index (χ0n) is 17.1. The molecule has 2 aromatic carbocycles. The molecule has 7 nitrogen and oxygen atoms in total. The third-order valence-corrected chi connectivity index (χ3v) is 6.39. The Labute approximate surface area is 175 Å². The van der Waals surface area contributed by atoms with Crippen molar-refractivity contribution < 1.29 is 22.4 Å². The van der Waals surface area contributed by atoms with Crippen LogP contribution in [0.4, 0.5) is 10.1 Å². The Morgan fingerprint density at radius 3 is 2.47 bits per heavy atom. The van der Waals surface area contributed by atoms with Crippen LogP contribution in [0.5, 0.6) is 0 Å². The second-order valence-corrected chi connectivity index (χ2v) is 9.62. The lowest BCUT2D eigenvalue weighted by molar-refractivity contribution is -0.133. The standard InChI is InChI=1S/C21H24FN3O4S/c1-15-11-17(22)9-10-18(15)25-19(26)13-24(30(3,28)29)14-21(25,2)20(27)23-12-16-7-5-4-6-8-16/h4-11H,12-14H2,1-3H3,(H,23,27). The Hall–Kier alpha value is -2.78. The van der Waals surface area contributed by atoms with Gasteiger partial charge in [0.2, 0.25) is 21.8 Å². The molecule has 1 unspecified atom stereocenters. The van der Waals surface area contributed by atoms with E-state index in [4.69, 9.17) is 0 Å². The summed E-state index contributed by atoms with van der Waals surface area (Å²) in [6, 6.07) is 13.1. The maximum atomic E-state index is 13.6. The van der Waals surface area contributed by atoms with Crippen molar-refractivity contribution in [1.82, 2.24) is 9.62 Å². The molecule has 1 fully saturated rings. The maximum absolute atomic E-state index is 13.6. The first kappa shape index (κ1) is 21.9. The van der Waals surface area contributed by atoms with E-state index in [1.165, 1.54) is 30.0 Å². The first-order valence-electron chi connectivity index (χ1n) is 9.39. The zero-order valence-corrected chi connectivity index (χ0v) is 17.9. The Morgan fingerprint density at radius 1 is 1.20 bits per heavy atom. The summed E-state index contributed by atoms with van der Waals surface area (Å²) in [4.78, 5) is 27.6. The van der Waals surface area contributed by atoms with Gasteiger partial charge in [-0.3, -0.25) is 14.5 Å². The molecule has 1 aliphatic rings.